The number of halogens is 2. The Morgan fingerprint density at radius 3 is 2.78 bits per heavy atom. The molecular weight excluding hydrogens is 277 g/mol. The van der Waals surface area contributed by atoms with Crippen molar-refractivity contribution in [2.24, 2.45) is 0 Å². The number of nitrogens with zero attached hydrogens (tertiary/aromatic N) is 3. The minimum Gasteiger partial charge on any atom is -0.481 e. The normalized spacial score (nSPS) is 10.6. The van der Waals surface area contributed by atoms with Crippen molar-refractivity contribution in [3.05, 3.63) is 39.6 Å². The molecule has 1 aromatic heterocycles. The van der Waals surface area contributed by atoms with Crippen molar-refractivity contribution in [2.45, 2.75) is 13.3 Å². The van der Waals surface area contributed by atoms with Gasteiger partial charge >= 0.3 is 5.97 Å². The molecule has 0 atom stereocenters. The van der Waals surface area contributed by atoms with E-state index in [0.717, 1.165) is 5.56 Å². The fourth-order valence-electron chi connectivity index (χ4n) is 1.50. The molecule has 0 bridgehead atoms. The summed E-state index contributed by atoms with van der Waals surface area (Å²) in [6.45, 7) is 1.87. The number of aryl methyl sites for hydroxylation is 1. The highest BCUT2D eigenvalue weighted by atomic mass is 35.5. The van der Waals surface area contributed by atoms with E-state index in [1.165, 1.54) is 4.68 Å². The van der Waals surface area contributed by atoms with E-state index in [4.69, 9.17) is 28.3 Å². The Kier molecular flexibility index (Phi) is 3.54. The Morgan fingerprint density at radius 2 is 2.17 bits per heavy atom. The van der Waals surface area contributed by atoms with Gasteiger partial charge in [-0.25, -0.2) is 4.68 Å². The molecule has 0 radical (unpaired) electrons. The van der Waals surface area contributed by atoms with E-state index in [2.05, 4.69) is 10.3 Å². The number of carbonyl (C=O) groups is 1. The Hall–Kier alpha value is -1.59. The molecule has 0 aliphatic rings. The first-order valence-electron chi connectivity index (χ1n) is 5.07. The standard InChI is InChI=1S/C11H9Cl2N3O2/c1-6-2-3-7(4-8(6)12)16-9(5-10(17)18)11(13)14-15-16/h2-4H,5H2,1H3,(H,17,18). The van der Waals surface area contributed by atoms with Crippen LogP contribution in [-0.2, 0) is 11.2 Å². The minimum absolute atomic E-state index is 0.0779. The molecular formula is C11H9Cl2N3O2. The molecule has 0 spiro atoms. The summed E-state index contributed by atoms with van der Waals surface area (Å²) in [4.78, 5) is 10.8. The number of rotatable bonds is 3. The van der Waals surface area contributed by atoms with Crippen molar-refractivity contribution in [3.63, 3.8) is 0 Å². The van der Waals surface area contributed by atoms with E-state index in [1.807, 2.05) is 13.0 Å². The van der Waals surface area contributed by atoms with Crippen LogP contribution in [0.25, 0.3) is 5.69 Å². The number of hydrogen-bond donors (Lipinski definition) is 1. The average molecular weight is 286 g/mol. The Morgan fingerprint density at radius 1 is 1.44 bits per heavy atom. The van der Waals surface area contributed by atoms with Gasteiger partial charge in [0.2, 0.25) is 0 Å². The van der Waals surface area contributed by atoms with Crippen LogP contribution in [0, 0.1) is 6.92 Å². The first-order chi connectivity index (χ1) is 8.49. The van der Waals surface area contributed by atoms with Crippen molar-refractivity contribution in [1.82, 2.24) is 15.0 Å². The summed E-state index contributed by atoms with van der Waals surface area (Å²) in [5.74, 6) is -1.00. The highest BCUT2D eigenvalue weighted by Crippen LogP contribution is 2.22. The highest BCUT2D eigenvalue weighted by molar-refractivity contribution is 6.31. The molecule has 1 heterocycles. The van der Waals surface area contributed by atoms with Gasteiger partial charge in [-0.1, -0.05) is 34.5 Å². The number of carboxylic acid groups (broad SMARTS) is 1. The number of aromatic nitrogens is 3. The van der Waals surface area contributed by atoms with Crippen LogP contribution in [-0.4, -0.2) is 26.1 Å². The van der Waals surface area contributed by atoms with Crippen LogP contribution in [0.2, 0.25) is 10.2 Å². The predicted octanol–water partition coefficient (Wildman–Crippen LogP) is 2.51. The molecule has 0 saturated carbocycles. The van der Waals surface area contributed by atoms with Crippen LogP contribution >= 0.6 is 23.2 Å². The lowest BCUT2D eigenvalue weighted by Gasteiger charge is -2.06. The Balaban J connectivity index is 2.50. The fourth-order valence-corrected chi connectivity index (χ4v) is 1.85. The lowest BCUT2D eigenvalue weighted by molar-refractivity contribution is -0.136. The van der Waals surface area contributed by atoms with Gasteiger partial charge in [0.05, 0.1) is 17.8 Å². The van der Waals surface area contributed by atoms with Gasteiger partial charge in [-0.2, -0.15) is 0 Å². The second-order valence-electron chi connectivity index (χ2n) is 3.74. The van der Waals surface area contributed by atoms with Gasteiger partial charge in [0, 0.05) is 5.02 Å². The highest BCUT2D eigenvalue weighted by Gasteiger charge is 2.16. The van der Waals surface area contributed by atoms with Crippen LogP contribution in [0.5, 0.6) is 0 Å². The molecule has 94 valence electrons. The predicted molar refractivity (Wildman–Crippen MR) is 67.5 cm³/mol. The van der Waals surface area contributed by atoms with E-state index >= 15 is 0 Å². The maximum absolute atomic E-state index is 10.8. The molecule has 5 nitrogen and oxygen atoms in total. The molecule has 2 aromatic rings. The molecule has 18 heavy (non-hydrogen) atoms. The van der Waals surface area contributed by atoms with Gasteiger partial charge in [0.15, 0.2) is 5.15 Å². The molecule has 0 aliphatic heterocycles. The first-order valence-corrected chi connectivity index (χ1v) is 5.83. The van der Waals surface area contributed by atoms with Gasteiger partial charge in [0.25, 0.3) is 0 Å². The lowest BCUT2D eigenvalue weighted by Crippen LogP contribution is -2.08. The Bertz CT molecular complexity index is 610. The number of benzene rings is 1. The van der Waals surface area contributed by atoms with Crippen molar-refractivity contribution >= 4 is 29.2 Å². The zero-order valence-corrected chi connectivity index (χ0v) is 10.9. The quantitative estimate of drug-likeness (QED) is 0.941. The molecule has 1 N–H and O–H groups in total. The molecule has 1 aromatic carbocycles. The van der Waals surface area contributed by atoms with Gasteiger partial charge in [-0.3, -0.25) is 4.79 Å². The van der Waals surface area contributed by atoms with E-state index in [0.29, 0.717) is 16.4 Å². The van der Waals surface area contributed by atoms with E-state index in [9.17, 15) is 4.79 Å². The summed E-state index contributed by atoms with van der Waals surface area (Å²) >= 11 is 11.8. The van der Waals surface area contributed by atoms with Crippen molar-refractivity contribution in [2.75, 3.05) is 0 Å². The average Bonchev–Trinajstić information content (AvgIpc) is 2.64. The summed E-state index contributed by atoms with van der Waals surface area (Å²) in [6.07, 6.45) is -0.253. The van der Waals surface area contributed by atoms with Gasteiger partial charge in [-0.15, -0.1) is 5.10 Å². The van der Waals surface area contributed by atoms with Gasteiger partial charge in [0.1, 0.15) is 0 Å². The zero-order valence-electron chi connectivity index (χ0n) is 9.39. The molecule has 0 amide bonds. The van der Waals surface area contributed by atoms with Crippen LogP contribution in [0.15, 0.2) is 18.2 Å². The van der Waals surface area contributed by atoms with E-state index < -0.39 is 5.97 Å². The van der Waals surface area contributed by atoms with Crippen LogP contribution in [0.4, 0.5) is 0 Å². The van der Waals surface area contributed by atoms with Crippen LogP contribution in [0.3, 0.4) is 0 Å². The second-order valence-corrected chi connectivity index (χ2v) is 4.51. The summed E-state index contributed by atoms with van der Waals surface area (Å²) in [5.41, 5.74) is 1.87. The van der Waals surface area contributed by atoms with E-state index in [1.54, 1.807) is 12.1 Å². The van der Waals surface area contributed by atoms with Crippen LogP contribution in [0.1, 0.15) is 11.3 Å². The first kappa shape index (κ1) is 12.9. The molecule has 2 rings (SSSR count). The maximum Gasteiger partial charge on any atom is 0.309 e. The summed E-state index contributed by atoms with van der Waals surface area (Å²) in [6, 6.07) is 5.28. The summed E-state index contributed by atoms with van der Waals surface area (Å²) in [5, 5.41) is 17.0. The summed E-state index contributed by atoms with van der Waals surface area (Å²) in [7, 11) is 0. The summed E-state index contributed by atoms with van der Waals surface area (Å²) < 4.78 is 1.38. The molecule has 0 fully saturated rings. The SMILES string of the molecule is Cc1ccc(-n2nnc(Cl)c2CC(=O)O)cc1Cl. The smallest absolute Gasteiger partial charge is 0.309 e. The largest absolute Gasteiger partial charge is 0.481 e. The van der Waals surface area contributed by atoms with Gasteiger partial charge < -0.3 is 5.11 Å². The monoisotopic (exact) mass is 285 g/mol. The number of carboxylic acids is 1. The lowest BCUT2D eigenvalue weighted by atomic mass is 10.2. The van der Waals surface area contributed by atoms with Crippen molar-refractivity contribution in [3.8, 4) is 5.69 Å². The third kappa shape index (κ3) is 2.47. The fraction of sp³-hybridized carbons (Fsp3) is 0.182. The topological polar surface area (TPSA) is 68.0 Å². The molecule has 0 saturated heterocycles. The number of aliphatic carboxylic acids is 1. The molecule has 0 aliphatic carbocycles. The maximum atomic E-state index is 10.8. The Labute approximate surface area is 113 Å². The van der Waals surface area contributed by atoms with Crippen molar-refractivity contribution < 1.29 is 9.90 Å². The third-order valence-electron chi connectivity index (χ3n) is 2.43. The number of hydrogen-bond acceptors (Lipinski definition) is 3. The van der Waals surface area contributed by atoms with Crippen molar-refractivity contribution in [1.29, 1.82) is 0 Å². The molecule has 0 unspecified atom stereocenters. The molecule has 7 heteroatoms. The second kappa shape index (κ2) is 4.96. The zero-order chi connectivity index (χ0) is 13.3. The van der Waals surface area contributed by atoms with E-state index in [-0.39, 0.29) is 11.6 Å². The van der Waals surface area contributed by atoms with Gasteiger partial charge in [-0.05, 0) is 24.6 Å². The minimum atomic E-state index is -1.00. The van der Waals surface area contributed by atoms with Crippen LogP contribution < -0.4 is 0 Å². The third-order valence-corrected chi connectivity index (χ3v) is 3.14.